The Morgan fingerprint density at radius 1 is 1.08 bits per heavy atom. The van der Waals surface area contributed by atoms with Crippen LogP contribution in [0.15, 0.2) is 45.9 Å². The molecule has 0 saturated carbocycles. The van der Waals surface area contributed by atoms with Gasteiger partial charge in [-0.25, -0.2) is 17.6 Å². The van der Waals surface area contributed by atoms with E-state index in [1.807, 2.05) is 0 Å². The highest BCUT2D eigenvalue weighted by Crippen LogP contribution is 2.42. The van der Waals surface area contributed by atoms with Gasteiger partial charge in [0.2, 0.25) is 0 Å². The maximum Gasteiger partial charge on any atom is 0.262 e. The van der Waals surface area contributed by atoms with Crippen molar-refractivity contribution in [1.29, 1.82) is 0 Å². The summed E-state index contributed by atoms with van der Waals surface area (Å²) in [6.07, 6.45) is -1.41. The minimum atomic E-state index is -2.93. The Morgan fingerprint density at radius 2 is 1.79 bits per heavy atom. The highest BCUT2D eigenvalue weighted by molar-refractivity contribution is 9.10. The number of nitrogens with zero attached hydrogens (tertiary/aromatic N) is 1. The molecule has 1 heterocycles. The predicted molar refractivity (Wildman–Crippen MR) is 90.4 cm³/mol. The maximum atomic E-state index is 14.5. The first-order valence-electron chi connectivity index (χ1n) is 7.03. The van der Waals surface area contributed by atoms with Gasteiger partial charge in [-0.1, -0.05) is 45.7 Å². The van der Waals surface area contributed by atoms with Crippen LogP contribution in [0.25, 0.3) is 6.08 Å². The molecule has 0 fully saturated rings. The monoisotopic (exact) mass is 419 g/mol. The van der Waals surface area contributed by atoms with Crippen LogP contribution < -0.4 is 4.90 Å². The summed E-state index contributed by atoms with van der Waals surface area (Å²) in [5.41, 5.74) is 0.142. The Morgan fingerprint density at radius 3 is 2.46 bits per heavy atom. The van der Waals surface area contributed by atoms with Gasteiger partial charge >= 0.3 is 0 Å². The predicted octanol–water partition coefficient (Wildman–Crippen LogP) is 6.13. The van der Waals surface area contributed by atoms with E-state index in [0.717, 1.165) is 11.0 Å². The van der Waals surface area contributed by atoms with Gasteiger partial charge in [-0.2, -0.15) is 0 Å². The quantitative estimate of drug-likeness (QED) is 0.540. The molecule has 2 aromatic carbocycles. The zero-order valence-electron chi connectivity index (χ0n) is 12.1. The molecule has 24 heavy (non-hydrogen) atoms. The topological polar surface area (TPSA) is 3.24 Å². The van der Waals surface area contributed by atoms with Gasteiger partial charge in [-0.05, 0) is 24.3 Å². The molecule has 0 amide bonds. The zero-order valence-corrected chi connectivity index (χ0v) is 14.5. The van der Waals surface area contributed by atoms with Crippen LogP contribution in [-0.2, 0) is 0 Å². The van der Waals surface area contributed by atoms with Crippen molar-refractivity contribution in [2.75, 3.05) is 11.4 Å². The molecule has 126 valence electrons. The normalized spacial score (nSPS) is 15.3. The van der Waals surface area contributed by atoms with E-state index >= 15 is 0 Å². The van der Waals surface area contributed by atoms with Gasteiger partial charge in [-0.3, -0.25) is 0 Å². The Kier molecular flexibility index (Phi) is 4.88. The van der Waals surface area contributed by atoms with E-state index in [2.05, 4.69) is 15.9 Å². The fourth-order valence-corrected chi connectivity index (χ4v) is 3.54. The Hall–Kier alpha value is -1.53. The highest BCUT2D eigenvalue weighted by Gasteiger charge is 2.35. The highest BCUT2D eigenvalue weighted by atomic mass is 79.9. The van der Waals surface area contributed by atoms with Crippen LogP contribution in [0.4, 0.5) is 23.2 Å². The molecular formula is C17H11BrClF4N. The van der Waals surface area contributed by atoms with Crippen molar-refractivity contribution >= 4 is 39.3 Å². The molecule has 0 aliphatic carbocycles. The first-order chi connectivity index (χ1) is 11.4. The van der Waals surface area contributed by atoms with Crippen LogP contribution in [0.1, 0.15) is 17.2 Å². The lowest BCUT2D eigenvalue weighted by molar-refractivity contribution is 0.110. The van der Waals surface area contributed by atoms with E-state index in [4.69, 9.17) is 11.6 Å². The summed E-state index contributed by atoms with van der Waals surface area (Å²) in [4.78, 5) is 1.11. The third-order valence-electron chi connectivity index (χ3n) is 3.78. The number of rotatable bonds is 3. The lowest BCUT2D eigenvalue weighted by Gasteiger charge is -2.37. The SMILES string of the molecule is Fc1ccccc1[C@@H](C(F)F)N1CC(Cl)=Cc2cc(Br)cc(F)c21. The average molecular weight is 421 g/mol. The second kappa shape index (κ2) is 6.76. The van der Waals surface area contributed by atoms with Crippen LogP contribution >= 0.6 is 27.5 Å². The Balaban J connectivity index is 2.18. The molecule has 0 aromatic heterocycles. The fourth-order valence-electron chi connectivity index (χ4n) is 2.85. The summed E-state index contributed by atoms with van der Waals surface area (Å²) >= 11 is 9.23. The summed E-state index contributed by atoms with van der Waals surface area (Å²) in [7, 11) is 0. The molecule has 0 N–H and O–H groups in total. The second-order valence-corrected chi connectivity index (χ2v) is 6.75. The number of fused-ring (bicyclic) bond motifs is 1. The molecule has 1 aliphatic heterocycles. The van der Waals surface area contributed by atoms with Crippen LogP contribution in [0.3, 0.4) is 0 Å². The van der Waals surface area contributed by atoms with Crippen molar-refractivity contribution in [2.24, 2.45) is 0 Å². The lowest BCUT2D eigenvalue weighted by Crippen LogP contribution is -2.37. The molecule has 1 atom stereocenters. The summed E-state index contributed by atoms with van der Waals surface area (Å²) < 4.78 is 56.6. The molecule has 1 aliphatic rings. The molecule has 0 saturated heterocycles. The van der Waals surface area contributed by atoms with Crippen LogP contribution in [0.5, 0.6) is 0 Å². The number of benzene rings is 2. The van der Waals surface area contributed by atoms with Crippen molar-refractivity contribution in [2.45, 2.75) is 12.5 Å². The molecule has 0 radical (unpaired) electrons. The van der Waals surface area contributed by atoms with Crippen LogP contribution in [0, 0.1) is 11.6 Å². The molecular weight excluding hydrogens is 410 g/mol. The Bertz CT molecular complexity index is 809. The largest absolute Gasteiger partial charge is 0.351 e. The van der Waals surface area contributed by atoms with E-state index in [-0.39, 0.29) is 22.8 Å². The molecule has 2 aromatic rings. The van der Waals surface area contributed by atoms with Crippen molar-refractivity contribution in [3.63, 3.8) is 0 Å². The van der Waals surface area contributed by atoms with Crippen LogP contribution in [0.2, 0.25) is 0 Å². The van der Waals surface area contributed by atoms with E-state index in [1.165, 1.54) is 30.3 Å². The van der Waals surface area contributed by atoms with E-state index in [0.29, 0.717) is 10.0 Å². The first kappa shape index (κ1) is 17.3. The molecule has 0 spiro atoms. The second-order valence-electron chi connectivity index (χ2n) is 5.35. The van der Waals surface area contributed by atoms with E-state index in [9.17, 15) is 17.6 Å². The van der Waals surface area contributed by atoms with Gasteiger partial charge in [0.05, 0.1) is 12.2 Å². The smallest absolute Gasteiger partial charge is 0.262 e. The van der Waals surface area contributed by atoms with Crippen molar-refractivity contribution in [3.05, 3.63) is 68.7 Å². The maximum absolute atomic E-state index is 14.5. The van der Waals surface area contributed by atoms with Gasteiger partial charge in [0.25, 0.3) is 6.43 Å². The number of hydrogen-bond donors (Lipinski definition) is 0. The van der Waals surface area contributed by atoms with Crippen LogP contribution in [-0.4, -0.2) is 13.0 Å². The van der Waals surface area contributed by atoms with Crippen molar-refractivity contribution in [1.82, 2.24) is 0 Å². The summed E-state index contributed by atoms with van der Waals surface area (Å²) in [5.74, 6) is -1.45. The summed E-state index contributed by atoms with van der Waals surface area (Å²) in [6, 6.07) is 6.37. The molecule has 3 rings (SSSR count). The van der Waals surface area contributed by atoms with Gasteiger partial charge in [-0.15, -0.1) is 0 Å². The molecule has 0 bridgehead atoms. The van der Waals surface area contributed by atoms with Gasteiger partial charge in [0.1, 0.15) is 17.7 Å². The van der Waals surface area contributed by atoms with Gasteiger partial charge < -0.3 is 4.90 Å². The van der Waals surface area contributed by atoms with Gasteiger partial charge in [0, 0.05) is 20.6 Å². The number of anilines is 1. The summed E-state index contributed by atoms with van der Waals surface area (Å²) in [6.45, 7) is -0.129. The molecule has 1 nitrogen and oxygen atoms in total. The minimum absolute atomic E-state index is 0.0175. The minimum Gasteiger partial charge on any atom is -0.351 e. The molecule has 7 heteroatoms. The average Bonchev–Trinajstić information content (AvgIpc) is 2.47. The third kappa shape index (κ3) is 3.17. The lowest BCUT2D eigenvalue weighted by atomic mass is 10.00. The third-order valence-corrected chi connectivity index (χ3v) is 4.46. The van der Waals surface area contributed by atoms with E-state index < -0.39 is 24.1 Å². The fraction of sp³-hybridized carbons (Fsp3) is 0.176. The van der Waals surface area contributed by atoms with Crippen molar-refractivity contribution in [3.8, 4) is 0 Å². The molecule has 0 unspecified atom stereocenters. The zero-order chi connectivity index (χ0) is 17.4. The number of hydrogen-bond acceptors (Lipinski definition) is 1. The number of alkyl halides is 2. The first-order valence-corrected chi connectivity index (χ1v) is 8.20. The summed E-state index contributed by atoms with van der Waals surface area (Å²) in [5, 5.41) is 0.266. The number of halogens is 6. The Labute approximate surface area is 149 Å². The van der Waals surface area contributed by atoms with Crippen molar-refractivity contribution < 1.29 is 17.6 Å². The van der Waals surface area contributed by atoms with Gasteiger partial charge in [0.15, 0.2) is 0 Å². The van der Waals surface area contributed by atoms with E-state index in [1.54, 1.807) is 6.07 Å². The standard InChI is InChI=1S/C17H11BrClF4N/c18-10-5-9-6-11(19)8-24(15(9)14(21)7-10)16(17(22)23)12-3-1-2-4-13(12)20/h1-7,16-17H,8H2/t16-/m0/s1.